The molecule has 0 atom stereocenters. The summed E-state index contributed by atoms with van der Waals surface area (Å²) < 4.78 is 10.0. The zero-order valence-corrected chi connectivity index (χ0v) is 10.6. The summed E-state index contributed by atoms with van der Waals surface area (Å²) in [4.78, 5) is 22.1. The van der Waals surface area contributed by atoms with E-state index in [0.717, 1.165) is 0 Å². The molecule has 1 aromatic rings. The fourth-order valence-electron chi connectivity index (χ4n) is 1.60. The van der Waals surface area contributed by atoms with Crippen molar-refractivity contribution >= 4 is 11.7 Å². The molecule has 0 amide bonds. The van der Waals surface area contributed by atoms with Gasteiger partial charge >= 0.3 is 11.7 Å². The van der Waals surface area contributed by atoms with Gasteiger partial charge in [0.2, 0.25) is 0 Å². The van der Waals surface area contributed by atoms with Crippen molar-refractivity contribution in [2.75, 3.05) is 13.2 Å². The number of benzene rings is 1. The summed E-state index contributed by atoms with van der Waals surface area (Å²) in [5, 5.41) is 11.0. The zero-order chi connectivity index (χ0) is 13.7. The first-order chi connectivity index (χ1) is 8.52. The number of hydrogen-bond donors (Lipinski definition) is 0. The summed E-state index contributed by atoms with van der Waals surface area (Å²) in [5.41, 5.74) is 0.249. The van der Waals surface area contributed by atoms with Gasteiger partial charge in [0.15, 0.2) is 5.75 Å². The summed E-state index contributed by atoms with van der Waals surface area (Å²) in [5.74, 6) is -0.408. The minimum absolute atomic E-state index is 0.160. The number of nitro groups is 1. The molecule has 0 aromatic heterocycles. The van der Waals surface area contributed by atoms with Crippen LogP contribution in [-0.2, 0) is 4.74 Å². The van der Waals surface area contributed by atoms with Gasteiger partial charge in [-0.25, -0.2) is 4.79 Å². The summed E-state index contributed by atoms with van der Waals surface area (Å²) in [7, 11) is 0. The van der Waals surface area contributed by atoms with Gasteiger partial charge in [0.25, 0.3) is 0 Å². The van der Waals surface area contributed by atoms with Crippen molar-refractivity contribution in [1.29, 1.82) is 0 Å². The highest BCUT2D eigenvalue weighted by molar-refractivity contribution is 5.92. The quantitative estimate of drug-likeness (QED) is 0.457. The topological polar surface area (TPSA) is 78.7 Å². The fourth-order valence-corrected chi connectivity index (χ4v) is 1.60. The Balaban J connectivity index is 3.30. The Morgan fingerprint density at radius 3 is 2.50 bits per heavy atom. The molecule has 0 fully saturated rings. The molecule has 0 heterocycles. The van der Waals surface area contributed by atoms with Crippen LogP contribution < -0.4 is 4.74 Å². The largest absolute Gasteiger partial charge is 0.487 e. The van der Waals surface area contributed by atoms with E-state index < -0.39 is 10.9 Å². The highest BCUT2D eigenvalue weighted by atomic mass is 16.6. The molecule has 6 heteroatoms. The summed E-state index contributed by atoms with van der Waals surface area (Å²) >= 11 is 0. The van der Waals surface area contributed by atoms with Crippen LogP contribution >= 0.6 is 0 Å². The number of carbonyl (C=O) groups is 1. The van der Waals surface area contributed by atoms with Crippen LogP contribution in [0.2, 0.25) is 0 Å². The van der Waals surface area contributed by atoms with E-state index in [1.165, 1.54) is 19.1 Å². The normalized spacial score (nSPS) is 9.94. The molecule has 0 spiro atoms. The smallest absolute Gasteiger partial charge is 0.338 e. The lowest BCUT2D eigenvalue weighted by atomic mass is 10.1. The molecule has 98 valence electrons. The number of nitro benzene ring substituents is 1. The summed E-state index contributed by atoms with van der Waals surface area (Å²) in [6.07, 6.45) is 0. The van der Waals surface area contributed by atoms with Gasteiger partial charge in [0.05, 0.1) is 23.7 Å². The average molecular weight is 253 g/mol. The van der Waals surface area contributed by atoms with E-state index in [9.17, 15) is 14.9 Å². The molecule has 6 nitrogen and oxygen atoms in total. The van der Waals surface area contributed by atoms with E-state index in [-0.39, 0.29) is 29.2 Å². The molecule has 1 rings (SSSR count). The predicted octanol–water partition coefficient (Wildman–Crippen LogP) is 2.48. The first-order valence-electron chi connectivity index (χ1n) is 5.60. The molecule has 0 aliphatic carbocycles. The molecule has 0 radical (unpaired) electrons. The van der Waals surface area contributed by atoms with E-state index in [1.54, 1.807) is 13.8 Å². The van der Waals surface area contributed by atoms with Gasteiger partial charge < -0.3 is 9.47 Å². The highest BCUT2D eigenvalue weighted by Gasteiger charge is 2.24. The Morgan fingerprint density at radius 2 is 2.00 bits per heavy atom. The van der Waals surface area contributed by atoms with Gasteiger partial charge in [0, 0.05) is 5.56 Å². The molecular weight excluding hydrogens is 238 g/mol. The Hall–Kier alpha value is -2.11. The molecule has 0 N–H and O–H groups in total. The number of ether oxygens (including phenoxy) is 2. The van der Waals surface area contributed by atoms with Crippen LogP contribution in [0.4, 0.5) is 5.69 Å². The van der Waals surface area contributed by atoms with Crippen molar-refractivity contribution in [3.63, 3.8) is 0 Å². The van der Waals surface area contributed by atoms with Crippen LogP contribution in [0.1, 0.15) is 29.8 Å². The molecule has 0 aliphatic heterocycles. The van der Waals surface area contributed by atoms with Crippen molar-refractivity contribution in [2.45, 2.75) is 20.8 Å². The van der Waals surface area contributed by atoms with Gasteiger partial charge in [-0.1, -0.05) is 0 Å². The maximum atomic E-state index is 11.6. The Bertz CT molecular complexity index is 470. The van der Waals surface area contributed by atoms with E-state index in [0.29, 0.717) is 6.61 Å². The lowest BCUT2D eigenvalue weighted by molar-refractivity contribution is -0.386. The van der Waals surface area contributed by atoms with Crippen LogP contribution in [0, 0.1) is 17.0 Å². The summed E-state index contributed by atoms with van der Waals surface area (Å²) in [6.45, 7) is 5.46. The van der Waals surface area contributed by atoms with Crippen molar-refractivity contribution in [3.05, 3.63) is 33.4 Å². The Morgan fingerprint density at radius 1 is 1.33 bits per heavy atom. The molecule has 0 unspecified atom stereocenters. The molecule has 18 heavy (non-hydrogen) atoms. The predicted molar refractivity (Wildman–Crippen MR) is 65.0 cm³/mol. The summed E-state index contributed by atoms with van der Waals surface area (Å²) in [6, 6.07) is 2.90. The Labute approximate surface area is 105 Å². The molecule has 0 bridgehead atoms. The van der Waals surface area contributed by atoms with Crippen molar-refractivity contribution in [2.24, 2.45) is 0 Å². The first-order valence-corrected chi connectivity index (χ1v) is 5.60. The third-order valence-corrected chi connectivity index (χ3v) is 2.37. The molecule has 1 aromatic carbocycles. The Kier molecular flexibility index (Phi) is 4.65. The number of rotatable bonds is 5. The van der Waals surface area contributed by atoms with E-state index >= 15 is 0 Å². The second kappa shape index (κ2) is 6.00. The van der Waals surface area contributed by atoms with E-state index in [4.69, 9.17) is 9.47 Å². The van der Waals surface area contributed by atoms with Gasteiger partial charge in [-0.2, -0.15) is 0 Å². The lowest BCUT2D eigenvalue weighted by Crippen LogP contribution is -2.09. The maximum absolute atomic E-state index is 11.6. The third-order valence-electron chi connectivity index (χ3n) is 2.37. The zero-order valence-electron chi connectivity index (χ0n) is 10.6. The maximum Gasteiger partial charge on any atom is 0.338 e. The number of hydrogen-bond acceptors (Lipinski definition) is 5. The SMILES string of the molecule is CCOC(=O)c1ccc(OCC)c([N+](=O)[O-])c1C. The number of carbonyl (C=O) groups excluding carboxylic acids is 1. The molecular formula is C12H15NO5. The van der Waals surface area contributed by atoms with Gasteiger partial charge in [-0.3, -0.25) is 10.1 Å². The van der Waals surface area contributed by atoms with Crippen molar-refractivity contribution in [3.8, 4) is 5.75 Å². The molecule has 0 saturated carbocycles. The fraction of sp³-hybridized carbons (Fsp3) is 0.417. The van der Waals surface area contributed by atoms with Crippen LogP contribution in [0.5, 0.6) is 5.75 Å². The van der Waals surface area contributed by atoms with Gasteiger partial charge in [-0.15, -0.1) is 0 Å². The minimum atomic E-state index is -0.568. The van der Waals surface area contributed by atoms with Crippen LogP contribution in [0.3, 0.4) is 0 Å². The van der Waals surface area contributed by atoms with E-state index in [1.807, 2.05) is 0 Å². The standard InChI is InChI=1S/C12H15NO5/c1-4-17-10-7-6-9(12(14)18-5-2)8(3)11(10)13(15)16/h6-7H,4-5H2,1-3H3. The van der Waals surface area contributed by atoms with Crippen LogP contribution in [-0.4, -0.2) is 24.1 Å². The molecule has 0 saturated heterocycles. The van der Waals surface area contributed by atoms with Crippen LogP contribution in [0.15, 0.2) is 12.1 Å². The van der Waals surface area contributed by atoms with Crippen LogP contribution in [0.25, 0.3) is 0 Å². The number of esters is 1. The first kappa shape index (κ1) is 14.0. The van der Waals surface area contributed by atoms with Gasteiger partial charge in [-0.05, 0) is 32.9 Å². The third kappa shape index (κ3) is 2.77. The van der Waals surface area contributed by atoms with Crippen molar-refractivity contribution < 1.29 is 19.2 Å². The highest BCUT2D eigenvalue weighted by Crippen LogP contribution is 2.33. The molecule has 0 aliphatic rings. The average Bonchev–Trinajstić information content (AvgIpc) is 2.29. The number of nitrogens with zero attached hydrogens (tertiary/aromatic N) is 1. The monoisotopic (exact) mass is 253 g/mol. The van der Waals surface area contributed by atoms with Gasteiger partial charge in [0.1, 0.15) is 0 Å². The van der Waals surface area contributed by atoms with E-state index in [2.05, 4.69) is 0 Å². The second-order valence-electron chi connectivity index (χ2n) is 3.50. The van der Waals surface area contributed by atoms with Crippen molar-refractivity contribution in [1.82, 2.24) is 0 Å². The minimum Gasteiger partial charge on any atom is -0.487 e. The lowest BCUT2D eigenvalue weighted by Gasteiger charge is -2.09. The second-order valence-corrected chi connectivity index (χ2v) is 3.50.